The van der Waals surface area contributed by atoms with Gasteiger partial charge in [-0.1, -0.05) is 42.5 Å². The standard InChI is InChI=1S/C17H23N3S.HI/c1-18-17(20-11-12-21-2)19-10-9-14-7-8-15-5-3-4-6-16(15)13-14;/h3-8,13H,9-12H2,1-2H3,(H2,18,19,20);1H. The first-order valence-corrected chi connectivity index (χ1v) is 8.64. The minimum Gasteiger partial charge on any atom is -0.356 e. The molecule has 22 heavy (non-hydrogen) atoms. The molecule has 0 bridgehead atoms. The summed E-state index contributed by atoms with van der Waals surface area (Å²) in [5.41, 5.74) is 1.35. The highest BCUT2D eigenvalue weighted by molar-refractivity contribution is 14.0. The van der Waals surface area contributed by atoms with Gasteiger partial charge >= 0.3 is 0 Å². The zero-order valence-corrected chi connectivity index (χ0v) is 16.3. The molecule has 120 valence electrons. The quantitative estimate of drug-likeness (QED) is 0.319. The first kappa shape index (κ1) is 19.1. The highest BCUT2D eigenvalue weighted by Crippen LogP contribution is 2.15. The Balaban J connectivity index is 0.00000242. The van der Waals surface area contributed by atoms with E-state index in [-0.39, 0.29) is 24.0 Å². The van der Waals surface area contributed by atoms with Crippen LogP contribution in [0.2, 0.25) is 0 Å². The number of hydrogen-bond donors (Lipinski definition) is 2. The molecule has 0 atom stereocenters. The normalized spacial score (nSPS) is 11.1. The fourth-order valence-corrected chi connectivity index (χ4v) is 2.52. The summed E-state index contributed by atoms with van der Waals surface area (Å²) in [5, 5.41) is 9.26. The van der Waals surface area contributed by atoms with E-state index >= 15 is 0 Å². The molecule has 0 amide bonds. The van der Waals surface area contributed by atoms with Crippen molar-refractivity contribution in [3.63, 3.8) is 0 Å². The maximum absolute atomic E-state index is 4.23. The van der Waals surface area contributed by atoms with Gasteiger partial charge in [-0.25, -0.2) is 0 Å². The first-order valence-electron chi connectivity index (χ1n) is 7.24. The number of benzene rings is 2. The van der Waals surface area contributed by atoms with Crippen molar-refractivity contribution in [3.05, 3.63) is 48.0 Å². The molecule has 0 saturated carbocycles. The van der Waals surface area contributed by atoms with Crippen molar-refractivity contribution in [2.75, 3.05) is 32.1 Å². The number of rotatable bonds is 6. The minimum atomic E-state index is 0. The van der Waals surface area contributed by atoms with Gasteiger partial charge in [0, 0.05) is 25.9 Å². The number of thioether (sulfide) groups is 1. The van der Waals surface area contributed by atoms with Gasteiger partial charge in [-0.05, 0) is 29.0 Å². The van der Waals surface area contributed by atoms with Crippen LogP contribution in [0.15, 0.2) is 47.5 Å². The molecule has 0 saturated heterocycles. The lowest BCUT2D eigenvalue weighted by Crippen LogP contribution is -2.39. The minimum absolute atomic E-state index is 0. The second kappa shape index (κ2) is 10.7. The number of guanidine groups is 1. The summed E-state index contributed by atoms with van der Waals surface area (Å²) in [4.78, 5) is 4.23. The number of hydrogen-bond acceptors (Lipinski definition) is 2. The molecular weight excluding hydrogens is 405 g/mol. The second-order valence-electron chi connectivity index (χ2n) is 4.85. The molecule has 0 heterocycles. The molecule has 0 radical (unpaired) electrons. The van der Waals surface area contributed by atoms with Crippen LogP contribution in [0.25, 0.3) is 10.8 Å². The van der Waals surface area contributed by atoms with Crippen molar-refractivity contribution in [1.82, 2.24) is 10.6 Å². The van der Waals surface area contributed by atoms with Crippen LogP contribution in [0, 0.1) is 0 Å². The average molecular weight is 429 g/mol. The van der Waals surface area contributed by atoms with Gasteiger partial charge in [0.15, 0.2) is 5.96 Å². The van der Waals surface area contributed by atoms with E-state index in [0.717, 1.165) is 31.2 Å². The van der Waals surface area contributed by atoms with Crippen molar-refractivity contribution >= 4 is 52.5 Å². The van der Waals surface area contributed by atoms with E-state index in [1.165, 1.54) is 16.3 Å². The van der Waals surface area contributed by atoms with E-state index in [2.05, 4.69) is 64.3 Å². The summed E-state index contributed by atoms with van der Waals surface area (Å²) >= 11 is 1.83. The van der Waals surface area contributed by atoms with Crippen LogP contribution < -0.4 is 10.6 Å². The topological polar surface area (TPSA) is 36.4 Å². The molecule has 0 aromatic heterocycles. The smallest absolute Gasteiger partial charge is 0.191 e. The van der Waals surface area contributed by atoms with Crippen LogP contribution >= 0.6 is 35.7 Å². The van der Waals surface area contributed by atoms with Gasteiger partial charge < -0.3 is 10.6 Å². The Morgan fingerprint density at radius 3 is 2.50 bits per heavy atom. The number of nitrogens with one attached hydrogen (secondary N) is 2. The Morgan fingerprint density at radius 1 is 1.05 bits per heavy atom. The molecule has 0 unspecified atom stereocenters. The summed E-state index contributed by atoms with van der Waals surface area (Å²) in [6.07, 6.45) is 3.10. The molecule has 0 fully saturated rings. The van der Waals surface area contributed by atoms with Gasteiger partial charge in [0.05, 0.1) is 0 Å². The van der Waals surface area contributed by atoms with Crippen molar-refractivity contribution < 1.29 is 0 Å². The Hall–Kier alpha value is -0.950. The Bertz CT molecular complexity index is 601. The van der Waals surface area contributed by atoms with E-state index in [9.17, 15) is 0 Å². The van der Waals surface area contributed by atoms with E-state index in [0.29, 0.717) is 0 Å². The number of fused-ring (bicyclic) bond motifs is 1. The zero-order chi connectivity index (χ0) is 14.9. The second-order valence-corrected chi connectivity index (χ2v) is 5.84. The summed E-state index contributed by atoms with van der Waals surface area (Å²) in [6.45, 7) is 1.83. The molecule has 0 aliphatic carbocycles. The number of halogens is 1. The lowest BCUT2D eigenvalue weighted by Gasteiger charge is -2.11. The summed E-state index contributed by atoms with van der Waals surface area (Å²) in [5.74, 6) is 1.97. The average Bonchev–Trinajstić information content (AvgIpc) is 2.53. The molecule has 2 N–H and O–H groups in total. The third kappa shape index (κ3) is 6.04. The Kier molecular flexibility index (Phi) is 9.31. The molecule has 0 spiro atoms. The van der Waals surface area contributed by atoms with Gasteiger partial charge in [0.1, 0.15) is 0 Å². The molecular formula is C17H24IN3S. The van der Waals surface area contributed by atoms with Crippen LogP contribution in [0.3, 0.4) is 0 Å². The van der Waals surface area contributed by atoms with Gasteiger partial charge in [0.25, 0.3) is 0 Å². The zero-order valence-electron chi connectivity index (χ0n) is 13.1. The summed E-state index contributed by atoms with van der Waals surface area (Å²) in [7, 11) is 1.81. The van der Waals surface area contributed by atoms with E-state index in [4.69, 9.17) is 0 Å². The van der Waals surface area contributed by atoms with Crippen molar-refractivity contribution in [1.29, 1.82) is 0 Å². The highest BCUT2D eigenvalue weighted by atomic mass is 127. The third-order valence-electron chi connectivity index (χ3n) is 3.34. The number of aliphatic imine (C=N–C) groups is 1. The lowest BCUT2D eigenvalue weighted by atomic mass is 10.1. The molecule has 2 rings (SSSR count). The fraction of sp³-hybridized carbons (Fsp3) is 0.353. The van der Waals surface area contributed by atoms with Gasteiger partial charge in [-0.3, -0.25) is 4.99 Å². The maximum atomic E-state index is 4.23. The largest absolute Gasteiger partial charge is 0.356 e. The van der Waals surface area contributed by atoms with Gasteiger partial charge in [-0.2, -0.15) is 11.8 Å². The van der Waals surface area contributed by atoms with Crippen LogP contribution in [0.1, 0.15) is 5.56 Å². The van der Waals surface area contributed by atoms with Crippen LogP contribution in [-0.4, -0.2) is 38.1 Å². The molecule has 5 heteroatoms. The molecule has 2 aromatic rings. The third-order valence-corrected chi connectivity index (χ3v) is 3.95. The van der Waals surface area contributed by atoms with Crippen molar-refractivity contribution in [2.45, 2.75) is 6.42 Å². The highest BCUT2D eigenvalue weighted by Gasteiger charge is 1.99. The molecule has 2 aromatic carbocycles. The Labute approximate surface area is 154 Å². The molecule has 0 aliphatic rings. The first-order chi connectivity index (χ1) is 10.3. The number of nitrogens with zero attached hydrogens (tertiary/aromatic N) is 1. The predicted octanol–water partition coefficient (Wildman–Crippen LogP) is 3.53. The van der Waals surface area contributed by atoms with Gasteiger partial charge in [-0.15, -0.1) is 24.0 Å². The summed E-state index contributed by atoms with van der Waals surface area (Å²) in [6, 6.07) is 15.1. The molecule has 3 nitrogen and oxygen atoms in total. The van der Waals surface area contributed by atoms with E-state index in [1.807, 2.05) is 18.8 Å². The van der Waals surface area contributed by atoms with Crippen LogP contribution in [-0.2, 0) is 6.42 Å². The van der Waals surface area contributed by atoms with Crippen LogP contribution in [0.4, 0.5) is 0 Å². The van der Waals surface area contributed by atoms with Crippen molar-refractivity contribution in [3.8, 4) is 0 Å². The van der Waals surface area contributed by atoms with Crippen molar-refractivity contribution in [2.24, 2.45) is 4.99 Å². The SMILES string of the molecule is CN=C(NCCSC)NCCc1ccc2ccccc2c1.I. The van der Waals surface area contributed by atoms with E-state index in [1.54, 1.807) is 0 Å². The Morgan fingerprint density at radius 2 is 1.77 bits per heavy atom. The van der Waals surface area contributed by atoms with Gasteiger partial charge in [0.2, 0.25) is 0 Å². The predicted molar refractivity (Wildman–Crippen MR) is 111 cm³/mol. The molecule has 0 aliphatic heterocycles. The maximum Gasteiger partial charge on any atom is 0.191 e. The summed E-state index contributed by atoms with van der Waals surface area (Å²) < 4.78 is 0. The van der Waals surface area contributed by atoms with E-state index < -0.39 is 0 Å². The monoisotopic (exact) mass is 429 g/mol. The van der Waals surface area contributed by atoms with Crippen LogP contribution in [0.5, 0.6) is 0 Å². The lowest BCUT2D eigenvalue weighted by molar-refractivity contribution is 0.813. The fourth-order valence-electron chi connectivity index (χ4n) is 2.21.